The zero-order valence-corrected chi connectivity index (χ0v) is 18.6. The molecule has 2 aromatic heterocycles. The van der Waals surface area contributed by atoms with Crippen molar-refractivity contribution >= 4 is 34.3 Å². The Hall–Kier alpha value is -2.75. The molecular weight excluding hydrogens is 453 g/mol. The van der Waals surface area contributed by atoms with E-state index in [0.717, 1.165) is 54.2 Å². The number of nitrogens with zero attached hydrogens (tertiary/aromatic N) is 3. The third kappa shape index (κ3) is 5.10. The third-order valence-corrected chi connectivity index (χ3v) is 6.93. The molecule has 10 heteroatoms. The molecule has 0 radical (unpaired) electrons. The van der Waals surface area contributed by atoms with Crippen LogP contribution in [0.1, 0.15) is 47.9 Å². The van der Waals surface area contributed by atoms with Crippen LogP contribution in [0, 0.1) is 5.92 Å². The maximum absolute atomic E-state index is 13.0. The Morgan fingerprint density at radius 3 is 2.70 bits per heavy atom. The van der Waals surface area contributed by atoms with Crippen LogP contribution in [0.4, 0.5) is 18.9 Å². The summed E-state index contributed by atoms with van der Waals surface area (Å²) in [4.78, 5) is 16.3. The van der Waals surface area contributed by atoms with Crippen molar-refractivity contribution in [1.82, 2.24) is 14.8 Å². The Kier molecular flexibility index (Phi) is 5.94. The molecule has 174 valence electrons. The molecule has 6 nitrogen and oxygen atoms in total. The highest BCUT2D eigenvalue weighted by Crippen LogP contribution is 2.36. The second-order valence-corrected chi connectivity index (χ2v) is 9.70. The molecule has 1 N–H and O–H groups in total. The van der Waals surface area contributed by atoms with Crippen molar-refractivity contribution in [1.29, 1.82) is 0 Å². The van der Waals surface area contributed by atoms with Crippen LogP contribution < -0.4 is 10.1 Å². The van der Waals surface area contributed by atoms with Crippen molar-refractivity contribution in [2.24, 2.45) is 5.92 Å². The lowest BCUT2D eigenvalue weighted by molar-refractivity contribution is -0.141. The van der Waals surface area contributed by atoms with Crippen molar-refractivity contribution in [2.45, 2.75) is 37.9 Å². The third-order valence-electron chi connectivity index (χ3n) is 5.88. The highest BCUT2D eigenvalue weighted by atomic mass is 32.2. The Morgan fingerprint density at radius 1 is 1.18 bits per heavy atom. The number of benzene rings is 1. The van der Waals surface area contributed by atoms with Crippen LogP contribution in [0.5, 0.6) is 5.75 Å². The maximum atomic E-state index is 13.0. The minimum absolute atomic E-state index is 0.312. The van der Waals surface area contributed by atoms with Crippen LogP contribution in [0.25, 0.3) is 10.9 Å². The molecule has 0 unspecified atom stereocenters. The predicted molar refractivity (Wildman–Crippen MR) is 121 cm³/mol. The normalized spacial score (nSPS) is 17.3. The van der Waals surface area contributed by atoms with E-state index < -0.39 is 17.8 Å². The Labute approximate surface area is 192 Å². The predicted octanol–water partition coefficient (Wildman–Crippen LogP) is 5.56. The molecule has 1 aromatic carbocycles. The van der Waals surface area contributed by atoms with Crippen molar-refractivity contribution in [3.05, 3.63) is 47.9 Å². The second kappa shape index (κ2) is 8.89. The average Bonchev–Trinajstić information content (AvgIpc) is 3.55. The van der Waals surface area contributed by atoms with Gasteiger partial charge in [-0.1, -0.05) is 6.07 Å². The molecule has 1 aliphatic heterocycles. The van der Waals surface area contributed by atoms with Gasteiger partial charge >= 0.3 is 6.18 Å². The summed E-state index contributed by atoms with van der Waals surface area (Å²) in [5.41, 5.74) is -0.267. The van der Waals surface area contributed by atoms with Crippen LogP contribution in [-0.2, 0) is 6.18 Å². The van der Waals surface area contributed by atoms with E-state index in [1.54, 1.807) is 12.1 Å². The van der Waals surface area contributed by atoms with E-state index in [1.165, 1.54) is 12.1 Å². The first-order valence-corrected chi connectivity index (χ1v) is 12.1. The molecule has 3 aromatic rings. The number of hydrogen-bond donors (Lipinski definition) is 1. The number of amides is 1. The van der Waals surface area contributed by atoms with Gasteiger partial charge in [-0.25, -0.2) is 4.98 Å². The van der Waals surface area contributed by atoms with Crippen molar-refractivity contribution in [3.63, 3.8) is 0 Å². The molecule has 1 amide bonds. The van der Waals surface area contributed by atoms with E-state index in [4.69, 9.17) is 9.84 Å². The molecule has 5 rings (SSSR count). The van der Waals surface area contributed by atoms with E-state index in [2.05, 4.69) is 10.3 Å². The van der Waals surface area contributed by atoms with Crippen LogP contribution in [-0.4, -0.2) is 38.8 Å². The number of rotatable bonds is 6. The summed E-state index contributed by atoms with van der Waals surface area (Å²) in [7, 11) is 0. The number of carbonyl (C=O) groups is 1. The van der Waals surface area contributed by atoms with Crippen LogP contribution in [0.2, 0.25) is 0 Å². The summed E-state index contributed by atoms with van der Waals surface area (Å²) in [5, 5.41) is 8.26. The lowest BCUT2D eigenvalue weighted by Crippen LogP contribution is -2.17. The Morgan fingerprint density at radius 2 is 1.97 bits per heavy atom. The minimum Gasteiger partial charge on any atom is -0.491 e. The number of fused-ring (bicyclic) bond motifs is 1. The second-order valence-electron chi connectivity index (χ2n) is 8.47. The molecule has 1 saturated carbocycles. The summed E-state index contributed by atoms with van der Waals surface area (Å²) < 4.78 is 47.0. The number of hydrogen-bond acceptors (Lipinski definition) is 5. The monoisotopic (exact) mass is 476 g/mol. The minimum atomic E-state index is -4.63. The van der Waals surface area contributed by atoms with Gasteiger partial charge in [0.2, 0.25) is 0 Å². The van der Waals surface area contributed by atoms with E-state index in [1.807, 2.05) is 22.6 Å². The molecule has 2 fully saturated rings. The molecule has 2 aliphatic rings. The van der Waals surface area contributed by atoms with Gasteiger partial charge in [-0.05, 0) is 61.3 Å². The summed E-state index contributed by atoms with van der Waals surface area (Å²) >= 11 is 1.94. The van der Waals surface area contributed by atoms with E-state index in [9.17, 15) is 18.0 Å². The van der Waals surface area contributed by atoms with Crippen molar-refractivity contribution < 1.29 is 22.7 Å². The van der Waals surface area contributed by atoms with Gasteiger partial charge in [0, 0.05) is 17.6 Å². The molecule has 0 atom stereocenters. The van der Waals surface area contributed by atoms with Crippen LogP contribution in [0.15, 0.2) is 36.5 Å². The largest absolute Gasteiger partial charge is 0.491 e. The molecule has 0 spiro atoms. The molecule has 0 bridgehead atoms. The molecule has 1 saturated heterocycles. The van der Waals surface area contributed by atoms with E-state index >= 15 is 0 Å². The van der Waals surface area contributed by atoms with Crippen LogP contribution in [0.3, 0.4) is 0 Å². The summed E-state index contributed by atoms with van der Waals surface area (Å²) in [6.45, 7) is 0.525. The number of halogens is 3. The fourth-order valence-electron chi connectivity index (χ4n) is 3.82. The molecule has 33 heavy (non-hydrogen) atoms. The highest BCUT2D eigenvalue weighted by molar-refractivity contribution is 7.99. The first-order valence-electron chi connectivity index (χ1n) is 11.0. The van der Waals surface area contributed by atoms with Gasteiger partial charge in [0.25, 0.3) is 5.91 Å². The van der Waals surface area contributed by atoms with E-state index in [-0.39, 0.29) is 5.69 Å². The summed E-state index contributed by atoms with van der Waals surface area (Å²) in [6.07, 6.45) is 1.64. The van der Waals surface area contributed by atoms with Gasteiger partial charge in [-0.2, -0.15) is 30.0 Å². The fraction of sp³-hybridized carbons (Fsp3) is 0.435. The van der Waals surface area contributed by atoms with Crippen molar-refractivity contribution in [2.75, 3.05) is 23.4 Å². The number of carbonyl (C=O) groups excluding carboxylic acids is 1. The Bertz CT molecular complexity index is 1170. The summed E-state index contributed by atoms with van der Waals surface area (Å²) in [5.74, 6) is 2.42. The smallest absolute Gasteiger partial charge is 0.433 e. The standard InChI is InChI=1S/C23H23F3N4O2S/c24-23(25,26)21-3-1-2-17(27-21)22(31)28-19-10-15-12-30(16-6-8-33-9-7-16)29-18(15)11-20(19)32-13-14-4-5-14/h1-3,10-12,14,16H,4-9,13H2,(H,28,31). The van der Waals surface area contributed by atoms with Gasteiger partial charge in [0.05, 0.1) is 23.9 Å². The first-order chi connectivity index (χ1) is 15.9. The number of alkyl halides is 3. The number of anilines is 1. The first kappa shape index (κ1) is 22.1. The van der Waals surface area contributed by atoms with Gasteiger partial charge in [-0.15, -0.1) is 0 Å². The molecule has 3 heterocycles. The number of pyridine rings is 1. The zero-order valence-electron chi connectivity index (χ0n) is 17.8. The van der Waals surface area contributed by atoms with Gasteiger partial charge in [0.15, 0.2) is 0 Å². The van der Waals surface area contributed by atoms with Gasteiger partial charge in [0.1, 0.15) is 17.1 Å². The van der Waals surface area contributed by atoms with Crippen LogP contribution >= 0.6 is 11.8 Å². The zero-order chi connectivity index (χ0) is 23.0. The number of aromatic nitrogens is 3. The summed E-state index contributed by atoms with van der Waals surface area (Å²) in [6, 6.07) is 7.16. The van der Waals surface area contributed by atoms with Gasteiger partial charge in [-0.3, -0.25) is 9.48 Å². The van der Waals surface area contributed by atoms with E-state index in [0.29, 0.717) is 30.0 Å². The lowest BCUT2D eigenvalue weighted by atomic mass is 10.1. The molecule has 1 aliphatic carbocycles. The number of nitrogens with one attached hydrogen (secondary N) is 1. The van der Waals surface area contributed by atoms with Crippen molar-refractivity contribution in [3.8, 4) is 5.75 Å². The molecular formula is C23H23F3N4O2S. The lowest BCUT2D eigenvalue weighted by Gasteiger charge is -2.21. The topological polar surface area (TPSA) is 69.0 Å². The van der Waals surface area contributed by atoms with Gasteiger partial charge < -0.3 is 10.1 Å². The number of ether oxygens (including phenoxy) is 1. The number of thioether (sulfide) groups is 1. The highest BCUT2D eigenvalue weighted by Gasteiger charge is 2.33. The SMILES string of the molecule is O=C(Nc1cc2cn(C3CCSCC3)nc2cc1OCC1CC1)c1cccc(C(F)(F)F)n1. The fourth-order valence-corrected chi connectivity index (χ4v) is 4.90. The maximum Gasteiger partial charge on any atom is 0.433 e. The Balaban J connectivity index is 1.44. The average molecular weight is 477 g/mol. The quantitative estimate of drug-likeness (QED) is 0.505.